The molecule has 8 heteroatoms. The summed E-state index contributed by atoms with van der Waals surface area (Å²) in [6.07, 6.45) is 0.182. The SMILES string of the molecule is CC/C=C/C(=NC)N=C(C)Nc1ccc(C(=O)NCC(F)(F)F)cc1. The molecule has 0 unspecified atom stereocenters. The van der Waals surface area contributed by atoms with Gasteiger partial charge in [0.05, 0.1) is 0 Å². The Bertz CT molecular complexity index is 661. The van der Waals surface area contributed by atoms with Crippen molar-refractivity contribution in [3.8, 4) is 0 Å². The van der Waals surface area contributed by atoms with Crippen LogP contribution in [0.2, 0.25) is 0 Å². The second-order valence-corrected chi connectivity index (χ2v) is 5.09. The van der Waals surface area contributed by atoms with Crippen molar-refractivity contribution in [2.24, 2.45) is 9.98 Å². The first-order valence-electron chi connectivity index (χ1n) is 7.65. The van der Waals surface area contributed by atoms with Crippen LogP contribution >= 0.6 is 0 Å². The van der Waals surface area contributed by atoms with Crippen molar-refractivity contribution in [2.75, 3.05) is 18.9 Å². The fourth-order valence-corrected chi connectivity index (χ4v) is 1.78. The van der Waals surface area contributed by atoms with Gasteiger partial charge in [0.1, 0.15) is 18.2 Å². The summed E-state index contributed by atoms with van der Waals surface area (Å²) in [6.45, 7) is 2.40. The Morgan fingerprint density at radius 3 is 2.40 bits per heavy atom. The van der Waals surface area contributed by atoms with Crippen molar-refractivity contribution in [2.45, 2.75) is 26.4 Å². The van der Waals surface area contributed by atoms with E-state index in [0.717, 1.165) is 6.42 Å². The van der Waals surface area contributed by atoms with E-state index in [2.05, 4.69) is 15.3 Å². The Morgan fingerprint density at radius 2 is 1.88 bits per heavy atom. The van der Waals surface area contributed by atoms with Gasteiger partial charge in [0.15, 0.2) is 0 Å². The lowest BCUT2D eigenvalue weighted by atomic mass is 10.2. The van der Waals surface area contributed by atoms with E-state index in [1.54, 1.807) is 32.2 Å². The molecular formula is C17H21F3N4O. The first-order chi connectivity index (χ1) is 11.7. The standard InChI is InChI=1S/C17H21F3N4O/c1-4-5-6-15(21-3)24-12(2)23-14-9-7-13(8-10-14)16(25)22-11-17(18,19)20/h5-10H,4,11H2,1-3H3,(H,22,25)(H,21,23,24)/b6-5+. The molecule has 0 bridgehead atoms. The monoisotopic (exact) mass is 354 g/mol. The normalized spacial score (nSPS) is 13.2. The average molecular weight is 354 g/mol. The first kappa shape index (κ1) is 20.4. The van der Waals surface area contributed by atoms with Gasteiger partial charge in [0, 0.05) is 18.3 Å². The van der Waals surface area contributed by atoms with Crippen LogP contribution in [0.4, 0.5) is 18.9 Å². The summed E-state index contributed by atoms with van der Waals surface area (Å²) in [5, 5.41) is 4.85. The number of carbonyl (C=O) groups excluding carboxylic acids is 1. The number of anilines is 1. The number of hydrogen-bond acceptors (Lipinski definition) is 2. The van der Waals surface area contributed by atoms with Gasteiger partial charge in [-0.1, -0.05) is 13.0 Å². The number of nitrogens with zero attached hydrogens (tertiary/aromatic N) is 2. The number of benzene rings is 1. The highest BCUT2D eigenvalue weighted by atomic mass is 19.4. The lowest BCUT2D eigenvalue weighted by molar-refractivity contribution is -0.123. The Kier molecular flexibility index (Phi) is 7.84. The van der Waals surface area contributed by atoms with Crippen molar-refractivity contribution in [1.82, 2.24) is 5.32 Å². The number of aliphatic imine (C=N–C) groups is 2. The van der Waals surface area contributed by atoms with Crippen molar-refractivity contribution < 1.29 is 18.0 Å². The molecule has 1 rings (SSSR count). The van der Waals surface area contributed by atoms with Crippen LogP contribution in [0.3, 0.4) is 0 Å². The maximum absolute atomic E-state index is 12.1. The molecule has 1 aromatic carbocycles. The minimum absolute atomic E-state index is 0.145. The Morgan fingerprint density at radius 1 is 1.24 bits per heavy atom. The van der Waals surface area contributed by atoms with Crippen LogP contribution in [0.5, 0.6) is 0 Å². The van der Waals surface area contributed by atoms with Gasteiger partial charge in [0.25, 0.3) is 5.91 Å². The van der Waals surface area contributed by atoms with Crippen LogP contribution in [0, 0.1) is 0 Å². The van der Waals surface area contributed by atoms with Gasteiger partial charge in [-0.05, 0) is 43.7 Å². The molecule has 0 aromatic heterocycles. The van der Waals surface area contributed by atoms with E-state index in [0.29, 0.717) is 17.4 Å². The van der Waals surface area contributed by atoms with Gasteiger partial charge in [-0.3, -0.25) is 9.79 Å². The summed E-state index contributed by atoms with van der Waals surface area (Å²) in [6, 6.07) is 6.05. The molecule has 0 spiro atoms. The number of carbonyl (C=O) groups is 1. The van der Waals surface area contributed by atoms with Crippen LogP contribution in [0.15, 0.2) is 46.4 Å². The summed E-state index contributed by atoms with van der Waals surface area (Å²) in [4.78, 5) is 20.0. The molecule has 0 saturated heterocycles. The number of allylic oxidation sites excluding steroid dienone is 1. The zero-order valence-corrected chi connectivity index (χ0v) is 14.3. The predicted octanol–water partition coefficient (Wildman–Crippen LogP) is 3.80. The van der Waals surface area contributed by atoms with E-state index < -0.39 is 18.6 Å². The largest absolute Gasteiger partial charge is 0.405 e. The van der Waals surface area contributed by atoms with Crippen LogP contribution in [-0.2, 0) is 0 Å². The zero-order chi connectivity index (χ0) is 18.9. The van der Waals surface area contributed by atoms with Gasteiger partial charge < -0.3 is 10.6 Å². The topological polar surface area (TPSA) is 65.8 Å². The molecule has 0 aliphatic carbocycles. The quantitative estimate of drug-likeness (QED) is 0.624. The van der Waals surface area contributed by atoms with Crippen molar-refractivity contribution in [3.05, 3.63) is 42.0 Å². The van der Waals surface area contributed by atoms with E-state index >= 15 is 0 Å². The molecule has 1 aromatic rings. The molecular weight excluding hydrogens is 333 g/mol. The lowest BCUT2D eigenvalue weighted by Crippen LogP contribution is -2.33. The number of halogens is 3. The summed E-state index contributed by atoms with van der Waals surface area (Å²) >= 11 is 0. The Labute approximate surface area is 144 Å². The molecule has 5 nitrogen and oxygen atoms in total. The number of amidine groups is 2. The maximum atomic E-state index is 12.1. The summed E-state index contributed by atoms with van der Waals surface area (Å²) in [5.74, 6) is 0.380. The zero-order valence-electron chi connectivity index (χ0n) is 14.3. The smallest absolute Gasteiger partial charge is 0.344 e. The van der Waals surface area contributed by atoms with Crippen molar-refractivity contribution >= 4 is 23.3 Å². The highest BCUT2D eigenvalue weighted by molar-refractivity contribution is 6.06. The van der Waals surface area contributed by atoms with E-state index in [4.69, 9.17) is 0 Å². The molecule has 0 atom stereocenters. The van der Waals surface area contributed by atoms with E-state index in [-0.39, 0.29) is 5.56 Å². The molecule has 1 amide bonds. The summed E-state index contributed by atoms with van der Waals surface area (Å²) in [5.41, 5.74) is 0.801. The van der Waals surface area contributed by atoms with Crippen LogP contribution < -0.4 is 10.6 Å². The number of hydrogen-bond donors (Lipinski definition) is 2. The van der Waals surface area contributed by atoms with Gasteiger partial charge >= 0.3 is 6.18 Å². The van der Waals surface area contributed by atoms with E-state index in [9.17, 15) is 18.0 Å². The molecule has 25 heavy (non-hydrogen) atoms. The minimum Gasteiger partial charge on any atom is -0.344 e. The minimum atomic E-state index is -4.44. The Balaban J connectivity index is 2.70. The van der Waals surface area contributed by atoms with Gasteiger partial charge in [-0.15, -0.1) is 0 Å². The first-order valence-corrected chi connectivity index (χ1v) is 7.65. The predicted molar refractivity (Wildman–Crippen MR) is 94.4 cm³/mol. The van der Waals surface area contributed by atoms with Crippen molar-refractivity contribution in [3.63, 3.8) is 0 Å². The molecule has 0 aliphatic heterocycles. The van der Waals surface area contributed by atoms with Crippen LogP contribution in [-0.4, -0.2) is 37.3 Å². The van der Waals surface area contributed by atoms with Crippen LogP contribution in [0.25, 0.3) is 0 Å². The molecule has 0 saturated carbocycles. The maximum Gasteiger partial charge on any atom is 0.405 e. The third kappa shape index (κ3) is 8.14. The van der Waals surface area contributed by atoms with E-state index in [1.165, 1.54) is 12.1 Å². The number of rotatable bonds is 5. The second kappa shape index (κ2) is 9.61. The molecule has 2 N–H and O–H groups in total. The van der Waals surface area contributed by atoms with Gasteiger partial charge in [-0.25, -0.2) is 4.99 Å². The number of alkyl halides is 3. The lowest BCUT2D eigenvalue weighted by Gasteiger charge is -2.09. The summed E-state index contributed by atoms with van der Waals surface area (Å²) in [7, 11) is 1.64. The Hall–Kier alpha value is -2.64. The second-order valence-electron chi connectivity index (χ2n) is 5.09. The third-order valence-corrected chi connectivity index (χ3v) is 2.94. The number of amides is 1. The third-order valence-electron chi connectivity index (χ3n) is 2.94. The fourth-order valence-electron chi connectivity index (χ4n) is 1.78. The fraction of sp³-hybridized carbons (Fsp3) is 0.353. The van der Waals surface area contributed by atoms with Gasteiger partial charge in [-0.2, -0.15) is 13.2 Å². The van der Waals surface area contributed by atoms with Gasteiger partial charge in [0.2, 0.25) is 0 Å². The molecule has 0 fully saturated rings. The highest BCUT2D eigenvalue weighted by Gasteiger charge is 2.27. The summed E-state index contributed by atoms with van der Waals surface area (Å²) < 4.78 is 36.3. The number of nitrogens with one attached hydrogen (secondary N) is 2. The molecule has 0 heterocycles. The highest BCUT2D eigenvalue weighted by Crippen LogP contribution is 2.14. The molecule has 136 valence electrons. The molecule has 0 aliphatic rings. The van der Waals surface area contributed by atoms with E-state index in [1.807, 2.05) is 18.3 Å². The van der Waals surface area contributed by atoms with Crippen molar-refractivity contribution in [1.29, 1.82) is 0 Å². The average Bonchev–Trinajstić information content (AvgIpc) is 2.56. The van der Waals surface area contributed by atoms with Crippen LogP contribution in [0.1, 0.15) is 30.6 Å². The molecule has 0 radical (unpaired) electrons.